The van der Waals surface area contributed by atoms with Crippen LogP contribution in [0.1, 0.15) is 39.7 Å². The predicted molar refractivity (Wildman–Crippen MR) is 89.2 cm³/mol. The first-order valence-corrected chi connectivity index (χ1v) is 7.83. The summed E-state index contributed by atoms with van der Waals surface area (Å²) in [6, 6.07) is 9.77. The first-order chi connectivity index (χ1) is 10.2. The third-order valence-corrected chi connectivity index (χ3v) is 3.72. The van der Waals surface area contributed by atoms with Gasteiger partial charge in [-0.3, -0.25) is 9.59 Å². The predicted octanol–water partition coefficient (Wildman–Crippen LogP) is 2.83. The molecule has 122 valence electrons. The molecule has 22 heavy (non-hydrogen) atoms. The minimum atomic E-state index is -1.06. The summed E-state index contributed by atoms with van der Waals surface area (Å²) in [6.07, 6.45) is 0.913. The van der Waals surface area contributed by atoms with Crippen LogP contribution in [0.2, 0.25) is 0 Å². The van der Waals surface area contributed by atoms with Crippen molar-refractivity contribution in [3.8, 4) is 0 Å². The summed E-state index contributed by atoms with van der Waals surface area (Å²) < 4.78 is 0. The molecule has 0 spiro atoms. The summed E-state index contributed by atoms with van der Waals surface area (Å²) in [5.74, 6) is 0.149. The summed E-state index contributed by atoms with van der Waals surface area (Å²) in [5, 5.41) is 2.87. The molecule has 0 aliphatic heterocycles. The number of carbonyl (C=O) groups is 2. The smallest absolute Gasteiger partial charge is 0.237 e. The van der Waals surface area contributed by atoms with E-state index < -0.39 is 5.41 Å². The van der Waals surface area contributed by atoms with E-state index in [0.717, 1.165) is 12.0 Å². The van der Waals surface area contributed by atoms with Crippen LogP contribution in [0.4, 0.5) is 0 Å². The fourth-order valence-corrected chi connectivity index (χ4v) is 2.20. The molecular weight excluding hydrogens is 276 g/mol. The second-order valence-electron chi connectivity index (χ2n) is 6.71. The first kappa shape index (κ1) is 18.2. The molecule has 0 atom stereocenters. The summed E-state index contributed by atoms with van der Waals surface area (Å²) in [5.41, 5.74) is -0.00471. The second kappa shape index (κ2) is 7.97. The van der Waals surface area contributed by atoms with Crippen LogP contribution in [0.5, 0.6) is 0 Å². The summed E-state index contributed by atoms with van der Waals surface area (Å²) in [7, 11) is 1.73. The van der Waals surface area contributed by atoms with Crippen molar-refractivity contribution in [2.24, 2.45) is 11.3 Å². The fraction of sp³-hybridized carbons (Fsp3) is 0.556. The number of hydrogen-bond donors (Lipinski definition) is 1. The minimum absolute atomic E-state index is 0.168. The van der Waals surface area contributed by atoms with Crippen LogP contribution in [0.3, 0.4) is 0 Å². The van der Waals surface area contributed by atoms with E-state index in [2.05, 4.69) is 19.2 Å². The summed E-state index contributed by atoms with van der Waals surface area (Å²) in [6.45, 7) is 8.69. The Morgan fingerprint density at radius 3 is 2.32 bits per heavy atom. The topological polar surface area (TPSA) is 49.4 Å². The van der Waals surface area contributed by atoms with Gasteiger partial charge in [0.25, 0.3) is 0 Å². The highest BCUT2D eigenvalue weighted by Crippen LogP contribution is 2.20. The minimum Gasteiger partial charge on any atom is -0.355 e. The molecule has 0 heterocycles. The van der Waals surface area contributed by atoms with Crippen LogP contribution in [-0.2, 0) is 16.1 Å². The molecule has 0 radical (unpaired) electrons. The average Bonchev–Trinajstić information content (AvgIpc) is 2.46. The number of rotatable bonds is 7. The number of amides is 2. The lowest BCUT2D eigenvalue weighted by molar-refractivity contribution is -0.148. The highest BCUT2D eigenvalue weighted by atomic mass is 16.2. The third kappa shape index (κ3) is 5.17. The van der Waals surface area contributed by atoms with Gasteiger partial charge in [0.1, 0.15) is 5.41 Å². The van der Waals surface area contributed by atoms with Crippen LogP contribution in [0.15, 0.2) is 30.3 Å². The molecule has 0 saturated carbocycles. The van der Waals surface area contributed by atoms with Crippen molar-refractivity contribution in [2.45, 2.75) is 40.7 Å². The monoisotopic (exact) mass is 304 g/mol. The highest BCUT2D eigenvalue weighted by Gasteiger charge is 2.37. The average molecular weight is 304 g/mol. The Balaban J connectivity index is 2.62. The molecule has 1 aromatic carbocycles. The van der Waals surface area contributed by atoms with Gasteiger partial charge < -0.3 is 10.2 Å². The summed E-state index contributed by atoms with van der Waals surface area (Å²) in [4.78, 5) is 26.5. The number of nitrogens with one attached hydrogen (secondary N) is 1. The molecule has 4 heteroatoms. The third-order valence-electron chi connectivity index (χ3n) is 3.72. The van der Waals surface area contributed by atoms with E-state index in [0.29, 0.717) is 19.0 Å². The van der Waals surface area contributed by atoms with Gasteiger partial charge in [-0.1, -0.05) is 44.2 Å². The van der Waals surface area contributed by atoms with Crippen molar-refractivity contribution in [3.05, 3.63) is 35.9 Å². The molecule has 0 unspecified atom stereocenters. The van der Waals surface area contributed by atoms with E-state index in [4.69, 9.17) is 0 Å². The van der Waals surface area contributed by atoms with E-state index in [1.54, 1.807) is 25.8 Å². The van der Waals surface area contributed by atoms with E-state index in [9.17, 15) is 9.59 Å². The SMILES string of the molecule is CC(C)CCNC(=O)C(C)(C)C(=O)N(C)Cc1ccccc1. The van der Waals surface area contributed by atoms with Gasteiger partial charge in [0.15, 0.2) is 0 Å². The van der Waals surface area contributed by atoms with Crippen LogP contribution in [0, 0.1) is 11.3 Å². The molecule has 4 nitrogen and oxygen atoms in total. The molecule has 0 aliphatic carbocycles. The normalized spacial score (nSPS) is 11.4. The molecule has 0 fully saturated rings. The molecule has 0 aliphatic rings. The second-order valence-corrected chi connectivity index (χ2v) is 6.71. The fourth-order valence-electron chi connectivity index (χ4n) is 2.20. The summed E-state index contributed by atoms with van der Waals surface area (Å²) >= 11 is 0. The Labute approximate surface area is 133 Å². The lowest BCUT2D eigenvalue weighted by atomic mass is 9.90. The van der Waals surface area contributed by atoms with Crippen molar-refractivity contribution < 1.29 is 9.59 Å². The van der Waals surface area contributed by atoms with Crippen molar-refractivity contribution in [3.63, 3.8) is 0 Å². The Hall–Kier alpha value is -1.84. The molecule has 0 bridgehead atoms. The van der Waals surface area contributed by atoms with Crippen LogP contribution in [-0.4, -0.2) is 30.3 Å². The molecule has 1 rings (SSSR count). The zero-order chi connectivity index (χ0) is 16.8. The maximum atomic E-state index is 12.6. The van der Waals surface area contributed by atoms with Gasteiger partial charge in [-0.2, -0.15) is 0 Å². The van der Waals surface area contributed by atoms with Gasteiger partial charge in [0, 0.05) is 20.1 Å². The Morgan fingerprint density at radius 1 is 1.18 bits per heavy atom. The zero-order valence-electron chi connectivity index (χ0n) is 14.3. The van der Waals surface area contributed by atoms with Gasteiger partial charge in [-0.05, 0) is 31.7 Å². The van der Waals surface area contributed by atoms with Crippen molar-refractivity contribution in [2.75, 3.05) is 13.6 Å². The number of nitrogens with zero attached hydrogens (tertiary/aromatic N) is 1. The van der Waals surface area contributed by atoms with Gasteiger partial charge in [-0.25, -0.2) is 0 Å². The maximum Gasteiger partial charge on any atom is 0.237 e. The molecular formula is C18H28N2O2. The largest absolute Gasteiger partial charge is 0.355 e. The standard InChI is InChI=1S/C18H28N2O2/c1-14(2)11-12-19-16(21)18(3,4)17(22)20(5)13-15-9-7-6-8-10-15/h6-10,14H,11-13H2,1-5H3,(H,19,21). The van der Waals surface area contributed by atoms with Gasteiger partial charge >= 0.3 is 0 Å². The quantitative estimate of drug-likeness (QED) is 0.788. The highest BCUT2D eigenvalue weighted by molar-refractivity contribution is 6.04. The molecule has 0 aromatic heterocycles. The van der Waals surface area contributed by atoms with Crippen molar-refractivity contribution in [1.82, 2.24) is 10.2 Å². The first-order valence-electron chi connectivity index (χ1n) is 7.83. The number of hydrogen-bond acceptors (Lipinski definition) is 2. The van der Waals surface area contributed by atoms with E-state index in [1.807, 2.05) is 30.3 Å². The van der Waals surface area contributed by atoms with Crippen LogP contribution < -0.4 is 5.32 Å². The van der Waals surface area contributed by atoms with Crippen molar-refractivity contribution in [1.29, 1.82) is 0 Å². The van der Waals surface area contributed by atoms with Gasteiger partial charge in [0.05, 0.1) is 0 Å². The van der Waals surface area contributed by atoms with Gasteiger partial charge in [-0.15, -0.1) is 0 Å². The Morgan fingerprint density at radius 2 is 1.77 bits per heavy atom. The van der Waals surface area contributed by atoms with Crippen molar-refractivity contribution >= 4 is 11.8 Å². The maximum absolute atomic E-state index is 12.6. The molecule has 2 amide bonds. The lowest BCUT2D eigenvalue weighted by Crippen LogP contribution is -2.48. The number of carbonyl (C=O) groups excluding carboxylic acids is 2. The molecule has 1 aromatic rings. The number of benzene rings is 1. The zero-order valence-corrected chi connectivity index (χ0v) is 14.3. The van der Waals surface area contributed by atoms with Crippen LogP contribution >= 0.6 is 0 Å². The lowest BCUT2D eigenvalue weighted by Gasteiger charge is -2.28. The van der Waals surface area contributed by atoms with E-state index in [1.165, 1.54) is 0 Å². The molecule has 1 N–H and O–H groups in total. The Kier molecular flexibility index (Phi) is 6.60. The van der Waals surface area contributed by atoms with E-state index in [-0.39, 0.29) is 11.8 Å². The van der Waals surface area contributed by atoms with E-state index >= 15 is 0 Å². The van der Waals surface area contributed by atoms with Gasteiger partial charge in [0.2, 0.25) is 11.8 Å². The molecule has 0 saturated heterocycles. The van der Waals surface area contributed by atoms with Crippen LogP contribution in [0.25, 0.3) is 0 Å². The Bertz CT molecular complexity index is 495.